The number of thioether (sulfide) groups is 1. The summed E-state index contributed by atoms with van der Waals surface area (Å²) >= 11 is 1.46. The summed E-state index contributed by atoms with van der Waals surface area (Å²) in [5.41, 5.74) is 1.20. The van der Waals surface area contributed by atoms with Gasteiger partial charge in [-0.15, -0.1) is 16.9 Å². The molecule has 6 nitrogen and oxygen atoms in total. The third kappa shape index (κ3) is 3.86. The van der Waals surface area contributed by atoms with Crippen molar-refractivity contribution in [2.75, 3.05) is 17.7 Å². The number of ether oxygens (including phenoxy) is 1. The van der Waals surface area contributed by atoms with Crippen LogP contribution in [0.5, 0.6) is 0 Å². The van der Waals surface area contributed by atoms with Gasteiger partial charge in [-0.1, -0.05) is 22.8 Å². The van der Waals surface area contributed by atoms with Crippen molar-refractivity contribution in [3.8, 4) is 0 Å². The molecule has 0 radical (unpaired) electrons. The number of hydrogen-bond acceptors (Lipinski definition) is 6. The first kappa shape index (κ1) is 15.1. The maximum absolute atomic E-state index is 11.9. The first-order valence-corrected chi connectivity index (χ1v) is 8.13. The van der Waals surface area contributed by atoms with Crippen LogP contribution in [0.3, 0.4) is 0 Å². The highest BCUT2D eigenvalue weighted by molar-refractivity contribution is 8.00. The van der Waals surface area contributed by atoms with E-state index in [4.69, 9.17) is 9.15 Å². The largest absolute Gasteiger partial charge is 0.405 e. The summed E-state index contributed by atoms with van der Waals surface area (Å²) in [5.74, 6) is 0.549. The zero-order valence-corrected chi connectivity index (χ0v) is 13.1. The molecule has 1 aromatic carbocycles. The van der Waals surface area contributed by atoms with Gasteiger partial charge in [0, 0.05) is 11.5 Å². The quantitative estimate of drug-likeness (QED) is 0.854. The van der Waals surface area contributed by atoms with Crippen LogP contribution in [0.1, 0.15) is 30.4 Å². The van der Waals surface area contributed by atoms with E-state index in [0.29, 0.717) is 18.3 Å². The second kappa shape index (κ2) is 6.93. The van der Waals surface area contributed by atoms with Gasteiger partial charge >= 0.3 is 6.01 Å². The van der Waals surface area contributed by atoms with E-state index in [2.05, 4.69) is 15.5 Å². The predicted molar refractivity (Wildman–Crippen MR) is 82.8 cm³/mol. The molecule has 1 aliphatic rings. The highest BCUT2D eigenvalue weighted by atomic mass is 32.2. The number of aryl methyl sites for hydroxylation is 1. The molecule has 2 heterocycles. The predicted octanol–water partition coefficient (Wildman–Crippen LogP) is 2.96. The van der Waals surface area contributed by atoms with Crippen molar-refractivity contribution in [3.63, 3.8) is 0 Å². The normalized spacial score (nSPS) is 17.6. The molecule has 1 aromatic heterocycles. The molecule has 7 heteroatoms. The van der Waals surface area contributed by atoms with E-state index in [0.717, 1.165) is 17.7 Å². The van der Waals surface area contributed by atoms with Crippen LogP contribution in [0.4, 0.5) is 6.01 Å². The zero-order valence-electron chi connectivity index (χ0n) is 12.2. The Kier molecular flexibility index (Phi) is 4.74. The summed E-state index contributed by atoms with van der Waals surface area (Å²) in [7, 11) is 0. The van der Waals surface area contributed by atoms with Crippen molar-refractivity contribution in [2.45, 2.75) is 30.8 Å². The van der Waals surface area contributed by atoms with Gasteiger partial charge in [-0.2, -0.15) is 0 Å². The molecular formula is C15H17N3O3S. The maximum atomic E-state index is 11.9. The average molecular weight is 319 g/mol. The summed E-state index contributed by atoms with van der Waals surface area (Å²) in [6.07, 6.45) is 1.72. The molecular weight excluding hydrogens is 302 g/mol. The Hall–Kier alpha value is -1.86. The Bertz CT molecular complexity index is 636. The minimum atomic E-state index is -0.173. The van der Waals surface area contributed by atoms with E-state index in [1.807, 2.05) is 31.2 Å². The highest BCUT2D eigenvalue weighted by Gasteiger charge is 2.23. The van der Waals surface area contributed by atoms with Gasteiger partial charge in [0.1, 0.15) is 6.10 Å². The Morgan fingerprint density at radius 2 is 2.18 bits per heavy atom. The van der Waals surface area contributed by atoms with E-state index in [9.17, 15) is 4.79 Å². The molecule has 1 N–H and O–H groups in total. The number of carbonyl (C=O) groups is 1. The topological polar surface area (TPSA) is 77.2 Å². The molecule has 0 aliphatic carbocycles. The lowest BCUT2D eigenvalue weighted by molar-refractivity contribution is -0.113. The molecule has 1 saturated heterocycles. The van der Waals surface area contributed by atoms with Gasteiger partial charge in [0.05, 0.1) is 5.75 Å². The maximum Gasteiger partial charge on any atom is 0.322 e. The SMILES string of the molecule is Cc1ccc(SCC(=O)Nc2nnc(C3CCCO3)o2)cc1. The molecule has 1 atom stereocenters. The number of anilines is 1. The standard InChI is InChI=1S/C15H17N3O3S/c1-10-4-6-11(7-5-10)22-9-13(19)16-15-18-17-14(21-15)12-3-2-8-20-12/h4-7,12H,2-3,8-9H2,1H3,(H,16,18,19). The highest BCUT2D eigenvalue weighted by Crippen LogP contribution is 2.28. The van der Waals surface area contributed by atoms with Gasteiger partial charge in [-0.25, -0.2) is 0 Å². The molecule has 0 bridgehead atoms. The molecule has 2 aromatic rings. The summed E-state index contributed by atoms with van der Waals surface area (Å²) in [6.45, 7) is 2.74. The monoisotopic (exact) mass is 319 g/mol. The number of amides is 1. The Balaban J connectivity index is 1.50. The van der Waals surface area contributed by atoms with Gasteiger partial charge in [0.25, 0.3) is 0 Å². The Morgan fingerprint density at radius 3 is 2.91 bits per heavy atom. The Labute approximate surface area is 132 Å². The van der Waals surface area contributed by atoms with Gasteiger partial charge in [-0.3, -0.25) is 10.1 Å². The minimum Gasteiger partial charge on any atom is -0.405 e. The number of benzene rings is 1. The minimum absolute atomic E-state index is 0.125. The van der Waals surface area contributed by atoms with E-state index in [1.54, 1.807) is 0 Å². The van der Waals surface area contributed by atoms with Gasteiger partial charge < -0.3 is 9.15 Å². The summed E-state index contributed by atoms with van der Waals surface area (Å²) in [4.78, 5) is 12.9. The number of nitrogens with zero attached hydrogens (tertiary/aromatic N) is 2. The number of carbonyl (C=O) groups excluding carboxylic acids is 1. The fourth-order valence-corrected chi connectivity index (χ4v) is 2.82. The third-order valence-electron chi connectivity index (χ3n) is 3.28. The fraction of sp³-hybridized carbons (Fsp3) is 0.400. The second-order valence-corrected chi connectivity index (χ2v) is 6.15. The van der Waals surface area contributed by atoms with E-state index < -0.39 is 0 Å². The van der Waals surface area contributed by atoms with Crippen molar-refractivity contribution < 1.29 is 13.9 Å². The van der Waals surface area contributed by atoms with Crippen LogP contribution in [0, 0.1) is 6.92 Å². The molecule has 1 unspecified atom stereocenters. The molecule has 116 valence electrons. The summed E-state index contributed by atoms with van der Waals surface area (Å²) in [6, 6.07) is 8.16. The fourth-order valence-electron chi connectivity index (χ4n) is 2.13. The smallest absolute Gasteiger partial charge is 0.322 e. The van der Waals surface area contributed by atoms with Crippen molar-refractivity contribution >= 4 is 23.7 Å². The number of aromatic nitrogens is 2. The van der Waals surface area contributed by atoms with Crippen LogP contribution >= 0.6 is 11.8 Å². The molecule has 0 saturated carbocycles. The first-order chi connectivity index (χ1) is 10.7. The van der Waals surface area contributed by atoms with Crippen LogP contribution in [-0.2, 0) is 9.53 Å². The summed E-state index contributed by atoms with van der Waals surface area (Å²) in [5, 5.41) is 10.4. The van der Waals surface area contributed by atoms with Crippen molar-refractivity contribution in [1.29, 1.82) is 0 Å². The number of nitrogens with one attached hydrogen (secondary N) is 1. The van der Waals surface area contributed by atoms with Crippen molar-refractivity contribution in [3.05, 3.63) is 35.7 Å². The van der Waals surface area contributed by atoms with Gasteiger partial charge in [0.2, 0.25) is 11.8 Å². The van der Waals surface area contributed by atoms with Crippen LogP contribution in [-0.4, -0.2) is 28.5 Å². The summed E-state index contributed by atoms with van der Waals surface area (Å²) < 4.78 is 10.9. The molecule has 1 amide bonds. The molecule has 1 aliphatic heterocycles. The number of rotatable bonds is 5. The molecule has 0 spiro atoms. The number of hydrogen-bond donors (Lipinski definition) is 1. The van der Waals surface area contributed by atoms with E-state index >= 15 is 0 Å². The van der Waals surface area contributed by atoms with Gasteiger partial charge in [0.15, 0.2) is 0 Å². The lowest BCUT2D eigenvalue weighted by Gasteiger charge is -2.03. The van der Waals surface area contributed by atoms with Crippen LogP contribution < -0.4 is 5.32 Å². The van der Waals surface area contributed by atoms with Crippen molar-refractivity contribution in [1.82, 2.24) is 10.2 Å². The van der Waals surface area contributed by atoms with Crippen molar-refractivity contribution in [2.24, 2.45) is 0 Å². The first-order valence-electron chi connectivity index (χ1n) is 7.15. The van der Waals surface area contributed by atoms with Crippen LogP contribution in [0.25, 0.3) is 0 Å². The second-order valence-electron chi connectivity index (χ2n) is 5.10. The Morgan fingerprint density at radius 1 is 1.36 bits per heavy atom. The lowest BCUT2D eigenvalue weighted by atomic mass is 10.2. The molecule has 22 heavy (non-hydrogen) atoms. The van der Waals surface area contributed by atoms with Crippen LogP contribution in [0.15, 0.2) is 33.6 Å². The lowest BCUT2D eigenvalue weighted by Crippen LogP contribution is -2.14. The van der Waals surface area contributed by atoms with Gasteiger partial charge in [-0.05, 0) is 31.9 Å². The molecule has 3 rings (SSSR count). The average Bonchev–Trinajstić information content (AvgIpc) is 3.17. The third-order valence-corrected chi connectivity index (χ3v) is 4.30. The van der Waals surface area contributed by atoms with Crippen LogP contribution in [0.2, 0.25) is 0 Å². The van der Waals surface area contributed by atoms with E-state index in [1.165, 1.54) is 17.3 Å². The van der Waals surface area contributed by atoms with E-state index in [-0.39, 0.29) is 18.0 Å². The zero-order chi connectivity index (χ0) is 15.4. The molecule has 1 fully saturated rings.